The van der Waals surface area contributed by atoms with E-state index in [-0.39, 0.29) is 0 Å². The molecule has 3 nitrogen and oxygen atoms in total. The van der Waals surface area contributed by atoms with Crippen LogP contribution in [0.4, 0.5) is 0 Å². The Morgan fingerprint density at radius 1 is 1.38 bits per heavy atom. The maximum atomic E-state index is 5.68. The normalized spacial score (nSPS) is 18.3. The zero-order valence-electron chi connectivity index (χ0n) is 13.1. The van der Waals surface area contributed by atoms with E-state index in [0.29, 0.717) is 6.04 Å². The number of hydrogen-bond acceptors (Lipinski definition) is 3. The summed E-state index contributed by atoms with van der Waals surface area (Å²) in [5.74, 6) is 1.94. The fourth-order valence-corrected chi connectivity index (χ4v) is 2.91. The van der Waals surface area contributed by atoms with E-state index in [1.165, 1.54) is 24.0 Å². The summed E-state index contributed by atoms with van der Waals surface area (Å²) < 4.78 is 11.3. The molecule has 1 aliphatic heterocycles. The minimum atomic E-state index is 0.444. The van der Waals surface area contributed by atoms with Crippen molar-refractivity contribution in [3.8, 4) is 5.75 Å². The molecule has 2 aliphatic rings. The van der Waals surface area contributed by atoms with Crippen LogP contribution in [0.3, 0.4) is 0 Å². The molecule has 1 fully saturated rings. The van der Waals surface area contributed by atoms with Gasteiger partial charge in [-0.1, -0.05) is 19.1 Å². The highest BCUT2D eigenvalue weighted by Crippen LogP contribution is 2.29. The summed E-state index contributed by atoms with van der Waals surface area (Å²) in [7, 11) is 0. The molecule has 1 atom stereocenters. The molecule has 0 saturated heterocycles. The molecule has 1 aromatic rings. The van der Waals surface area contributed by atoms with Crippen LogP contribution in [0.1, 0.15) is 49.8 Å². The van der Waals surface area contributed by atoms with Crippen molar-refractivity contribution >= 4 is 0 Å². The Labute approximate surface area is 128 Å². The smallest absolute Gasteiger partial charge is 0.122 e. The molecule has 1 aromatic carbocycles. The molecule has 1 saturated carbocycles. The summed E-state index contributed by atoms with van der Waals surface area (Å²) in [4.78, 5) is 0. The molecule has 0 spiro atoms. The maximum Gasteiger partial charge on any atom is 0.122 e. The lowest BCUT2D eigenvalue weighted by molar-refractivity contribution is 0.121. The van der Waals surface area contributed by atoms with Crippen molar-refractivity contribution in [3.05, 3.63) is 29.3 Å². The van der Waals surface area contributed by atoms with Crippen LogP contribution in [0.2, 0.25) is 0 Å². The summed E-state index contributed by atoms with van der Waals surface area (Å²) in [6.45, 7) is 5.96. The Balaban J connectivity index is 1.41. The van der Waals surface area contributed by atoms with Crippen molar-refractivity contribution in [1.82, 2.24) is 5.32 Å². The molecular formula is C18H27NO2. The van der Waals surface area contributed by atoms with Gasteiger partial charge in [-0.15, -0.1) is 0 Å². The molecule has 1 heterocycles. The van der Waals surface area contributed by atoms with E-state index in [0.717, 1.165) is 57.3 Å². The molecule has 1 N–H and O–H groups in total. The number of fused-ring (bicyclic) bond motifs is 1. The maximum absolute atomic E-state index is 5.68. The highest BCUT2D eigenvalue weighted by molar-refractivity contribution is 5.40. The SMILES string of the molecule is CCC(NCCCOCC1CC1)c1ccc2c(c1)CCO2. The number of hydrogen-bond donors (Lipinski definition) is 1. The first-order valence-corrected chi connectivity index (χ1v) is 8.43. The van der Waals surface area contributed by atoms with Gasteiger partial charge in [-0.25, -0.2) is 0 Å². The molecular weight excluding hydrogens is 262 g/mol. The van der Waals surface area contributed by atoms with Crippen LogP contribution in [0, 0.1) is 5.92 Å². The second-order valence-electron chi connectivity index (χ2n) is 6.25. The Hall–Kier alpha value is -1.06. The first-order chi connectivity index (χ1) is 10.4. The van der Waals surface area contributed by atoms with Crippen LogP contribution >= 0.6 is 0 Å². The monoisotopic (exact) mass is 289 g/mol. The molecule has 3 rings (SSSR count). The predicted molar refractivity (Wildman–Crippen MR) is 84.8 cm³/mol. The molecule has 3 heteroatoms. The van der Waals surface area contributed by atoms with E-state index >= 15 is 0 Å². The van der Waals surface area contributed by atoms with Gasteiger partial charge in [-0.3, -0.25) is 0 Å². The lowest BCUT2D eigenvalue weighted by Crippen LogP contribution is -2.23. The number of rotatable bonds is 9. The average molecular weight is 289 g/mol. The Kier molecular flexibility index (Phi) is 5.15. The molecule has 1 aliphatic carbocycles. The van der Waals surface area contributed by atoms with Crippen LogP contribution < -0.4 is 10.1 Å². The highest BCUT2D eigenvalue weighted by atomic mass is 16.5. The highest BCUT2D eigenvalue weighted by Gasteiger charge is 2.21. The summed E-state index contributed by atoms with van der Waals surface area (Å²) in [6, 6.07) is 7.09. The lowest BCUT2D eigenvalue weighted by atomic mass is 10.0. The third kappa shape index (κ3) is 4.21. The summed E-state index contributed by atoms with van der Waals surface area (Å²) in [5, 5.41) is 3.66. The fraction of sp³-hybridized carbons (Fsp3) is 0.667. The van der Waals surface area contributed by atoms with E-state index in [4.69, 9.17) is 9.47 Å². The largest absolute Gasteiger partial charge is 0.493 e. The van der Waals surface area contributed by atoms with Crippen molar-refractivity contribution in [3.63, 3.8) is 0 Å². The van der Waals surface area contributed by atoms with E-state index in [9.17, 15) is 0 Å². The number of nitrogens with one attached hydrogen (secondary N) is 1. The minimum absolute atomic E-state index is 0.444. The van der Waals surface area contributed by atoms with Crippen molar-refractivity contribution in [1.29, 1.82) is 0 Å². The second kappa shape index (κ2) is 7.28. The van der Waals surface area contributed by atoms with Gasteiger partial charge >= 0.3 is 0 Å². The summed E-state index contributed by atoms with van der Waals surface area (Å²) in [6.07, 6.45) is 6.00. The predicted octanol–water partition coefficient (Wildman–Crippen LogP) is 3.48. The van der Waals surface area contributed by atoms with Gasteiger partial charge in [-0.2, -0.15) is 0 Å². The first kappa shape index (κ1) is 14.9. The van der Waals surface area contributed by atoms with Gasteiger partial charge in [-0.05, 0) is 55.3 Å². The summed E-state index contributed by atoms with van der Waals surface area (Å²) in [5.41, 5.74) is 2.75. The molecule has 0 radical (unpaired) electrons. The molecule has 21 heavy (non-hydrogen) atoms. The standard InChI is InChI=1S/C18H27NO2/c1-2-17(19-9-3-10-20-13-14-4-5-14)15-6-7-18-16(12-15)8-11-21-18/h6-7,12,14,17,19H,2-5,8-11,13H2,1H3. The lowest BCUT2D eigenvalue weighted by Gasteiger charge is -2.18. The molecule has 1 unspecified atom stereocenters. The van der Waals surface area contributed by atoms with Gasteiger partial charge in [0.1, 0.15) is 5.75 Å². The van der Waals surface area contributed by atoms with E-state index in [1.54, 1.807) is 0 Å². The van der Waals surface area contributed by atoms with E-state index < -0.39 is 0 Å². The second-order valence-corrected chi connectivity index (χ2v) is 6.25. The molecule has 116 valence electrons. The third-order valence-corrected chi connectivity index (χ3v) is 4.43. The number of benzene rings is 1. The zero-order valence-corrected chi connectivity index (χ0v) is 13.1. The van der Waals surface area contributed by atoms with Crippen LogP contribution in [-0.4, -0.2) is 26.4 Å². The van der Waals surface area contributed by atoms with Crippen molar-refractivity contribution in [2.45, 2.75) is 45.1 Å². The van der Waals surface area contributed by atoms with Gasteiger partial charge in [0.05, 0.1) is 6.61 Å². The van der Waals surface area contributed by atoms with Crippen molar-refractivity contribution < 1.29 is 9.47 Å². The van der Waals surface area contributed by atoms with Crippen LogP contribution in [0.25, 0.3) is 0 Å². The van der Waals surface area contributed by atoms with Gasteiger partial charge in [0.25, 0.3) is 0 Å². The molecule has 0 amide bonds. The quantitative estimate of drug-likeness (QED) is 0.706. The summed E-state index contributed by atoms with van der Waals surface area (Å²) >= 11 is 0. The first-order valence-electron chi connectivity index (χ1n) is 8.43. The molecule has 0 aromatic heterocycles. The topological polar surface area (TPSA) is 30.5 Å². The van der Waals surface area contributed by atoms with Crippen molar-refractivity contribution in [2.75, 3.05) is 26.4 Å². The van der Waals surface area contributed by atoms with Gasteiger partial charge < -0.3 is 14.8 Å². The fourth-order valence-electron chi connectivity index (χ4n) is 2.91. The zero-order chi connectivity index (χ0) is 14.5. The average Bonchev–Trinajstić information content (AvgIpc) is 3.21. The third-order valence-electron chi connectivity index (χ3n) is 4.43. The molecule has 0 bridgehead atoms. The van der Waals surface area contributed by atoms with Gasteiger partial charge in [0.2, 0.25) is 0 Å². The van der Waals surface area contributed by atoms with Gasteiger partial charge in [0, 0.05) is 25.7 Å². The Bertz CT molecular complexity index is 457. The number of ether oxygens (including phenoxy) is 2. The minimum Gasteiger partial charge on any atom is -0.493 e. The Morgan fingerprint density at radius 2 is 2.29 bits per heavy atom. The Morgan fingerprint density at radius 3 is 3.10 bits per heavy atom. The van der Waals surface area contributed by atoms with Gasteiger partial charge in [0.15, 0.2) is 0 Å². The van der Waals surface area contributed by atoms with Crippen molar-refractivity contribution in [2.24, 2.45) is 5.92 Å². The van der Waals surface area contributed by atoms with Crippen LogP contribution in [0.5, 0.6) is 5.75 Å². The van der Waals surface area contributed by atoms with E-state index in [1.807, 2.05) is 0 Å². The van der Waals surface area contributed by atoms with E-state index in [2.05, 4.69) is 30.4 Å². The van der Waals surface area contributed by atoms with Crippen LogP contribution in [0.15, 0.2) is 18.2 Å². The van der Waals surface area contributed by atoms with Crippen LogP contribution in [-0.2, 0) is 11.2 Å².